The van der Waals surface area contributed by atoms with Crippen LogP contribution in [0.4, 0.5) is 0 Å². The molecule has 0 spiro atoms. The highest BCUT2D eigenvalue weighted by atomic mass is 16.6. The van der Waals surface area contributed by atoms with Crippen LogP contribution in [0.2, 0.25) is 0 Å². The van der Waals surface area contributed by atoms with Gasteiger partial charge in [0.05, 0.1) is 22.8 Å². The van der Waals surface area contributed by atoms with Crippen LogP contribution in [0.3, 0.4) is 0 Å². The first-order chi connectivity index (χ1) is 16.0. The van der Waals surface area contributed by atoms with E-state index < -0.39 is 0 Å². The first kappa shape index (κ1) is 20.5. The number of aromatic nitrogens is 3. The number of hydrogen-bond acceptors (Lipinski definition) is 5. The Morgan fingerprint density at radius 3 is 2.52 bits per heavy atom. The van der Waals surface area contributed by atoms with E-state index in [1.165, 1.54) is 12.8 Å². The van der Waals surface area contributed by atoms with E-state index in [2.05, 4.69) is 30.8 Å². The van der Waals surface area contributed by atoms with Crippen molar-refractivity contribution in [2.75, 3.05) is 13.2 Å². The van der Waals surface area contributed by atoms with E-state index in [0.29, 0.717) is 36.5 Å². The normalized spacial score (nSPS) is 18.5. The molecule has 0 saturated heterocycles. The number of nitrogens with zero attached hydrogens (tertiary/aromatic N) is 4. The molecule has 2 fully saturated rings. The molecule has 33 heavy (non-hydrogen) atoms. The van der Waals surface area contributed by atoms with E-state index in [1.54, 1.807) is 6.20 Å². The molecule has 2 aliphatic carbocycles. The molecule has 7 nitrogen and oxygen atoms in total. The van der Waals surface area contributed by atoms with Crippen molar-refractivity contribution in [3.63, 3.8) is 0 Å². The van der Waals surface area contributed by atoms with Crippen LogP contribution in [0.1, 0.15) is 62.9 Å². The molecule has 2 saturated carbocycles. The average molecular weight is 447 g/mol. The maximum Gasteiger partial charge on any atom is 0.255 e. The molecule has 1 amide bonds. The van der Waals surface area contributed by atoms with Gasteiger partial charge in [0.25, 0.3) is 5.91 Å². The molecular weight excluding hydrogens is 416 g/mol. The molecule has 0 N–H and O–H groups in total. The molecule has 6 rings (SSSR count). The number of carbonyl (C=O) groups is 1. The van der Waals surface area contributed by atoms with Gasteiger partial charge in [0.1, 0.15) is 13.2 Å². The molecule has 172 valence electrons. The third kappa shape index (κ3) is 3.63. The van der Waals surface area contributed by atoms with E-state index in [4.69, 9.17) is 14.5 Å². The number of ether oxygens (including phenoxy) is 2. The number of amides is 1. The van der Waals surface area contributed by atoms with Crippen molar-refractivity contribution in [2.24, 2.45) is 5.92 Å². The Morgan fingerprint density at radius 1 is 1.06 bits per heavy atom. The number of rotatable bonds is 6. The lowest BCUT2D eigenvalue weighted by molar-refractivity contribution is 0.0656. The Labute approximate surface area is 193 Å². The number of pyridine rings is 1. The van der Waals surface area contributed by atoms with E-state index in [-0.39, 0.29) is 18.0 Å². The molecule has 0 radical (unpaired) electrons. The predicted octanol–water partition coefficient (Wildman–Crippen LogP) is 4.85. The highest BCUT2D eigenvalue weighted by molar-refractivity contribution is 6.07. The fourth-order valence-corrected chi connectivity index (χ4v) is 4.90. The van der Waals surface area contributed by atoms with Crippen molar-refractivity contribution in [1.29, 1.82) is 0 Å². The largest absolute Gasteiger partial charge is 0.486 e. The quantitative estimate of drug-likeness (QED) is 0.541. The molecule has 1 atom stereocenters. The minimum Gasteiger partial charge on any atom is -0.486 e. The van der Waals surface area contributed by atoms with Crippen molar-refractivity contribution in [3.05, 3.63) is 36.0 Å². The summed E-state index contributed by atoms with van der Waals surface area (Å²) >= 11 is 0. The van der Waals surface area contributed by atoms with Gasteiger partial charge in [0.15, 0.2) is 17.1 Å². The summed E-state index contributed by atoms with van der Waals surface area (Å²) in [6.45, 7) is 7.46. The van der Waals surface area contributed by atoms with Gasteiger partial charge in [-0.05, 0) is 76.6 Å². The number of hydrogen-bond donors (Lipinski definition) is 0. The smallest absolute Gasteiger partial charge is 0.255 e. The Hall–Kier alpha value is -3.09. The lowest BCUT2D eigenvalue weighted by Crippen LogP contribution is -2.41. The van der Waals surface area contributed by atoms with Crippen LogP contribution in [-0.4, -0.2) is 50.9 Å². The van der Waals surface area contributed by atoms with E-state index in [1.807, 2.05) is 28.9 Å². The van der Waals surface area contributed by atoms with Crippen LogP contribution in [0.25, 0.3) is 22.3 Å². The zero-order valence-electron chi connectivity index (χ0n) is 19.5. The molecule has 7 heteroatoms. The van der Waals surface area contributed by atoms with Crippen LogP contribution in [0, 0.1) is 5.92 Å². The number of fused-ring (bicyclic) bond motifs is 2. The Balaban J connectivity index is 1.49. The summed E-state index contributed by atoms with van der Waals surface area (Å²) in [5.41, 5.74) is 3.09. The van der Waals surface area contributed by atoms with Crippen molar-refractivity contribution in [3.8, 4) is 22.8 Å². The summed E-state index contributed by atoms with van der Waals surface area (Å²) in [5, 5.41) is 5.42. The average Bonchev–Trinajstić information content (AvgIpc) is 3.75. The van der Waals surface area contributed by atoms with E-state index in [0.717, 1.165) is 40.9 Å². The summed E-state index contributed by atoms with van der Waals surface area (Å²) in [6.07, 6.45) is 6.43. The van der Waals surface area contributed by atoms with Crippen LogP contribution in [0.5, 0.6) is 11.5 Å². The minimum absolute atomic E-state index is 0.103. The minimum atomic E-state index is 0.103. The third-order valence-electron chi connectivity index (χ3n) is 7.04. The molecule has 1 aliphatic heterocycles. The highest BCUT2D eigenvalue weighted by Gasteiger charge is 2.42. The van der Waals surface area contributed by atoms with Crippen LogP contribution < -0.4 is 9.47 Å². The lowest BCUT2D eigenvalue weighted by atomic mass is 10.0. The molecule has 0 unspecified atom stereocenters. The van der Waals surface area contributed by atoms with Gasteiger partial charge in [-0.2, -0.15) is 5.10 Å². The molecule has 3 aliphatic rings. The SMILES string of the molecule is CC(C)n1ncc2c(C(=O)N(C3CC3)[C@@H](C)C3CC3)cc(-c3ccc4c(c3)OCCO4)nc21. The van der Waals surface area contributed by atoms with E-state index in [9.17, 15) is 4.79 Å². The molecular formula is C26H30N4O3. The van der Waals surface area contributed by atoms with Gasteiger partial charge < -0.3 is 14.4 Å². The van der Waals surface area contributed by atoms with Gasteiger partial charge in [-0.15, -0.1) is 0 Å². The van der Waals surface area contributed by atoms with Crippen LogP contribution in [-0.2, 0) is 0 Å². The van der Waals surface area contributed by atoms with Gasteiger partial charge in [-0.3, -0.25) is 4.79 Å². The van der Waals surface area contributed by atoms with Gasteiger partial charge in [0, 0.05) is 23.7 Å². The second-order valence-corrected chi connectivity index (χ2v) is 9.86. The van der Waals surface area contributed by atoms with Crippen LogP contribution in [0.15, 0.2) is 30.5 Å². The summed E-state index contributed by atoms with van der Waals surface area (Å²) < 4.78 is 13.4. The molecule has 3 heterocycles. The van der Waals surface area contributed by atoms with Crippen molar-refractivity contribution in [2.45, 2.75) is 64.6 Å². The highest BCUT2D eigenvalue weighted by Crippen LogP contribution is 2.41. The van der Waals surface area contributed by atoms with Crippen LogP contribution >= 0.6 is 0 Å². The predicted molar refractivity (Wildman–Crippen MR) is 126 cm³/mol. The van der Waals surface area contributed by atoms with Gasteiger partial charge in [-0.1, -0.05) is 0 Å². The van der Waals surface area contributed by atoms with E-state index >= 15 is 0 Å². The third-order valence-corrected chi connectivity index (χ3v) is 7.04. The van der Waals surface area contributed by atoms with Gasteiger partial charge in [-0.25, -0.2) is 9.67 Å². The van der Waals surface area contributed by atoms with Crippen molar-refractivity contribution < 1.29 is 14.3 Å². The van der Waals surface area contributed by atoms with Crippen molar-refractivity contribution in [1.82, 2.24) is 19.7 Å². The number of benzene rings is 1. The first-order valence-electron chi connectivity index (χ1n) is 12.1. The fourth-order valence-electron chi connectivity index (χ4n) is 4.90. The maximum atomic E-state index is 14.0. The molecule has 0 bridgehead atoms. The molecule has 3 aromatic rings. The van der Waals surface area contributed by atoms with Gasteiger partial charge in [0.2, 0.25) is 0 Å². The summed E-state index contributed by atoms with van der Waals surface area (Å²) in [7, 11) is 0. The zero-order chi connectivity index (χ0) is 22.7. The fraction of sp³-hybridized carbons (Fsp3) is 0.500. The Bertz CT molecular complexity index is 1230. The second-order valence-electron chi connectivity index (χ2n) is 9.86. The second kappa shape index (κ2) is 7.75. The zero-order valence-corrected chi connectivity index (χ0v) is 19.5. The lowest BCUT2D eigenvalue weighted by Gasteiger charge is -2.30. The monoisotopic (exact) mass is 446 g/mol. The Morgan fingerprint density at radius 2 is 1.82 bits per heavy atom. The standard InChI is InChI=1S/C26H30N4O3/c1-15(2)30-25-21(14-27-30)20(26(31)29(19-7-8-19)16(3)17-4-5-17)13-22(28-25)18-6-9-23-24(12-18)33-11-10-32-23/h6,9,12-17,19H,4-5,7-8,10-11H2,1-3H3/t16-/m0/s1. The summed E-state index contributed by atoms with van der Waals surface area (Å²) in [4.78, 5) is 21.1. The Kier molecular flexibility index (Phi) is 4.82. The topological polar surface area (TPSA) is 69.5 Å². The number of carbonyl (C=O) groups excluding carboxylic acids is 1. The molecule has 1 aromatic carbocycles. The first-order valence-corrected chi connectivity index (χ1v) is 12.1. The summed E-state index contributed by atoms with van der Waals surface area (Å²) in [5.74, 6) is 2.19. The maximum absolute atomic E-state index is 14.0. The van der Waals surface area contributed by atoms with Crippen molar-refractivity contribution >= 4 is 16.9 Å². The molecule has 2 aromatic heterocycles. The summed E-state index contributed by atoms with van der Waals surface area (Å²) in [6, 6.07) is 8.56. The van der Waals surface area contributed by atoms with Gasteiger partial charge >= 0.3 is 0 Å².